The van der Waals surface area contributed by atoms with Gasteiger partial charge in [0.15, 0.2) is 0 Å². The number of phosphoric ester groups is 1. The second-order valence-corrected chi connectivity index (χ2v) is 26.6. The lowest BCUT2D eigenvalue weighted by Gasteiger charge is -2.29. The third kappa shape index (κ3) is 65.6. The molecule has 3 unspecified atom stereocenters. The van der Waals surface area contributed by atoms with E-state index in [2.05, 4.69) is 67.8 Å². The number of nitrogens with zero attached hydrogens (tertiary/aromatic N) is 1. The summed E-state index contributed by atoms with van der Waals surface area (Å²) in [6, 6.07) is -0.905. The summed E-state index contributed by atoms with van der Waals surface area (Å²) in [5.41, 5.74) is 0. The molecular formula is C72H137N2O6P. The van der Waals surface area contributed by atoms with Gasteiger partial charge in [0, 0.05) is 6.42 Å². The number of amides is 1. The number of hydrogen-bond donors (Lipinski definition) is 2. The third-order valence-corrected chi connectivity index (χ3v) is 16.9. The monoisotopic (exact) mass is 1160 g/mol. The number of allylic oxidation sites excluding steroid dienone is 9. The minimum atomic E-state index is -4.61. The molecular weight excluding hydrogens is 1020 g/mol. The summed E-state index contributed by atoms with van der Waals surface area (Å²) in [7, 11) is 1.25. The van der Waals surface area contributed by atoms with Gasteiger partial charge in [-0.2, -0.15) is 0 Å². The SMILES string of the molecule is CCCCCCC/C=C\C/C=C\C/C=C\CCCCCCCCCCCCCCCCCCCCCCC(=O)NC(COP(=O)([O-])OCC[N+](C)(C)C)C(O)/C=C/CC/C=C/CCCCCCCCCCCCCCCCCCCC. The third-order valence-electron chi connectivity index (χ3n) is 15.9. The van der Waals surface area contributed by atoms with Crippen molar-refractivity contribution in [1.29, 1.82) is 0 Å². The molecule has 0 heterocycles. The highest BCUT2D eigenvalue weighted by molar-refractivity contribution is 7.45. The number of carbonyl (C=O) groups excluding carboxylic acids is 1. The number of likely N-dealkylation sites (N-methyl/N-ethyl adjacent to an activating group) is 1. The number of rotatable bonds is 65. The van der Waals surface area contributed by atoms with Gasteiger partial charge in [-0.3, -0.25) is 9.36 Å². The first-order valence-corrected chi connectivity index (χ1v) is 36.6. The zero-order chi connectivity index (χ0) is 59.1. The Morgan fingerprint density at radius 3 is 1.09 bits per heavy atom. The molecule has 9 heteroatoms. The Kier molecular flexibility index (Phi) is 61.3. The van der Waals surface area contributed by atoms with Crippen LogP contribution in [0.25, 0.3) is 0 Å². The van der Waals surface area contributed by atoms with Gasteiger partial charge in [-0.25, -0.2) is 0 Å². The molecule has 81 heavy (non-hydrogen) atoms. The molecule has 476 valence electrons. The average molecular weight is 1160 g/mol. The van der Waals surface area contributed by atoms with Crippen LogP contribution in [-0.4, -0.2) is 68.5 Å². The molecule has 1 amide bonds. The predicted octanol–water partition coefficient (Wildman–Crippen LogP) is 21.8. The second-order valence-electron chi connectivity index (χ2n) is 25.2. The number of phosphoric acid groups is 1. The van der Waals surface area contributed by atoms with Crippen molar-refractivity contribution in [3.63, 3.8) is 0 Å². The standard InChI is InChI=1S/C72H137N2O6P/c1-6-8-10-12-14-16-18-20-22-24-26-28-30-32-33-34-35-36-37-38-39-40-41-42-44-46-48-50-52-54-56-58-60-62-64-66-72(76)73-70(69-80-81(77,78)79-68-67-74(3,4)5)71(75)65-63-61-59-57-55-53-51-49-47-45-43-31-29-27-25-23-21-19-17-15-13-11-9-7-2/h18,20,24,26,30,32,55,57,63,65,70-71,75H,6-17,19,21-23,25,27-29,31,33-54,56,58-62,64,66-69H2,1-5H3,(H-,73,76,77,78)/b20-18-,26-24-,32-30-,57-55+,65-63+. The van der Waals surface area contributed by atoms with Gasteiger partial charge in [-0.15, -0.1) is 0 Å². The highest BCUT2D eigenvalue weighted by Crippen LogP contribution is 2.38. The maximum absolute atomic E-state index is 13.0. The number of quaternary nitrogens is 1. The van der Waals surface area contributed by atoms with E-state index in [1.807, 2.05) is 27.2 Å². The van der Waals surface area contributed by atoms with Crippen molar-refractivity contribution in [2.45, 2.75) is 353 Å². The lowest BCUT2D eigenvalue weighted by Crippen LogP contribution is -2.45. The summed E-state index contributed by atoms with van der Waals surface area (Å²) in [6.45, 7) is 4.66. The Morgan fingerprint density at radius 2 is 0.728 bits per heavy atom. The van der Waals surface area contributed by atoms with Gasteiger partial charge in [0.05, 0.1) is 39.9 Å². The van der Waals surface area contributed by atoms with E-state index in [1.54, 1.807) is 6.08 Å². The fourth-order valence-electron chi connectivity index (χ4n) is 10.5. The van der Waals surface area contributed by atoms with E-state index in [0.29, 0.717) is 17.4 Å². The summed E-state index contributed by atoms with van der Waals surface area (Å²) < 4.78 is 23.4. The number of unbranched alkanes of at least 4 members (excludes halogenated alkanes) is 44. The molecule has 3 atom stereocenters. The van der Waals surface area contributed by atoms with Crippen LogP contribution < -0.4 is 10.2 Å². The van der Waals surface area contributed by atoms with Crippen LogP contribution in [0.4, 0.5) is 0 Å². The fraction of sp³-hybridized carbons (Fsp3) is 0.847. The van der Waals surface area contributed by atoms with Crippen LogP contribution in [0.2, 0.25) is 0 Å². The summed E-state index contributed by atoms with van der Waals surface area (Å²) >= 11 is 0. The van der Waals surface area contributed by atoms with Crippen LogP contribution in [0, 0.1) is 0 Å². The molecule has 0 aliphatic carbocycles. The van der Waals surface area contributed by atoms with Gasteiger partial charge in [-0.05, 0) is 70.6 Å². The van der Waals surface area contributed by atoms with Crippen LogP contribution in [0.15, 0.2) is 60.8 Å². The van der Waals surface area contributed by atoms with Crippen molar-refractivity contribution in [2.24, 2.45) is 0 Å². The Labute approximate surface area is 504 Å². The van der Waals surface area contributed by atoms with E-state index >= 15 is 0 Å². The second kappa shape index (κ2) is 62.7. The summed E-state index contributed by atoms with van der Waals surface area (Å²) in [4.78, 5) is 25.6. The normalized spacial score (nSPS) is 14.0. The molecule has 8 nitrogen and oxygen atoms in total. The first-order chi connectivity index (χ1) is 39.5. The first-order valence-electron chi connectivity index (χ1n) is 35.2. The van der Waals surface area contributed by atoms with E-state index in [-0.39, 0.29) is 12.5 Å². The van der Waals surface area contributed by atoms with Gasteiger partial charge >= 0.3 is 0 Å². The fourth-order valence-corrected chi connectivity index (χ4v) is 11.2. The molecule has 0 saturated heterocycles. The predicted molar refractivity (Wildman–Crippen MR) is 353 cm³/mol. The first kappa shape index (κ1) is 79.2. The smallest absolute Gasteiger partial charge is 0.268 e. The van der Waals surface area contributed by atoms with Crippen molar-refractivity contribution in [3.8, 4) is 0 Å². The van der Waals surface area contributed by atoms with Crippen LogP contribution in [0.1, 0.15) is 341 Å². The lowest BCUT2D eigenvalue weighted by atomic mass is 10.0. The van der Waals surface area contributed by atoms with E-state index in [4.69, 9.17) is 9.05 Å². The van der Waals surface area contributed by atoms with Gasteiger partial charge in [-0.1, -0.05) is 325 Å². The Balaban J connectivity index is 4.05. The lowest BCUT2D eigenvalue weighted by molar-refractivity contribution is -0.870. The summed E-state index contributed by atoms with van der Waals surface area (Å²) in [6.07, 6.45) is 86.3. The topological polar surface area (TPSA) is 108 Å². The highest BCUT2D eigenvalue weighted by atomic mass is 31.2. The van der Waals surface area contributed by atoms with Gasteiger partial charge < -0.3 is 28.8 Å². The Hall–Kier alpha value is -1.80. The van der Waals surface area contributed by atoms with Crippen LogP contribution >= 0.6 is 7.82 Å². The molecule has 0 rings (SSSR count). The van der Waals surface area contributed by atoms with Crippen LogP contribution in [-0.2, 0) is 18.4 Å². The molecule has 0 aromatic rings. The van der Waals surface area contributed by atoms with Crippen molar-refractivity contribution in [1.82, 2.24) is 5.32 Å². The molecule has 2 N–H and O–H groups in total. The van der Waals surface area contributed by atoms with Gasteiger partial charge in [0.25, 0.3) is 7.82 Å². The molecule has 0 aliphatic heterocycles. The Morgan fingerprint density at radius 1 is 0.432 bits per heavy atom. The summed E-state index contributed by atoms with van der Waals surface area (Å²) in [5.74, 6) is -0.202. The van der Waals surface area contributed by atoms with Gasteiger partial charge in [0.2, 0.25) is 5.91 Å². The number of nitrogens with one attached hydrogen (secondary N) is 1. The van der Waals surface area contributed by atoms with Crippen LogP contribution in [0.3, 0.4) is 0 Å². The quantitative estimate of drug-likeness (QED) is 0.0272. The minimum Gasteiger partial charge on any atom is -0.756 e. The van der Waals surface area contributed by atoms with Crippen molar-refractivity contribution >= 4 is 13.7 Å². The molecule has 0 bridgehead atoms. The molecule has 0 radical (unpaired) electrons. The highest BCUT2D eigenvalue weighted by Gasteiger charge is 2.23. The average Bonchev–Trinajstić information content (AvgIpc) is 3.43. The molecule has 0 aromatic carbocycles. The van der Waals surface area contributed by atoms with E-state index in [0.717, 1.165) is 51.4 Å². The molecule has 0 spiro atoms. The van der Waals surface area contributed by atoms with E-state index in [1.165, 1.54) is 270 Å². The van der Waals surface area contributed by atoms with Crippen molar-refractivity contribution in [3.05, 3.63) is 60.8 Å². The molecule has 0 saturated carbocycles. The number of carbonyl (C=O) groups is 1. The van der Waals surface area contributed by atoms with Gasteiger partial charge in [0.1, 0.15) is 13.2 Å². The van der Waals surface area contributed by atoms with Crippen molar-refractivity contribution < 1.29 is 32.9 Å². The Bertz CT molecular complexity index is 1500. The number of hydrogen-bond acceptors (Lipinski definition) is 6. The molecule has 0 fully saturated rings. The zero-order valence-corrected chi connectivity index (χ0v) is 55.4. The molecule has 0 aromatic heterocycles. The number of aliphatic hydroxyl groups is 1. The van der Waals surface area contributed by atoms with Crippen LogP contribution in [0.5, 0.6) is 0 Å². The summed E-state index contributed by atoms with van der Waals surface area (Å²) in [5, 5.41) is 13.9. The minimum absolute atomic E-state index is 0.00597. The largest absolute Gasteiger partial charge is 0.756 e. The maximum Gasteiger partial charge on any atom is 0.268 e. The van der Waals surface area contributed by atoms with Crippen molar-refractivity contribution in [2.75, 3.05) is 40.9 Å². The molecule has 0 aliphatic rings. The van der Waals surface area contributed by atoms with E-state index in [9.17, 15) is 19.4 Å². The maximum atomic E-state index is 13.0. The van der Waals surface area contributed by atoms with E-state index < -0.39 is 26.6 Å². The zero-order valence-electron chi connectivity index (χ0n) is 54.5. The number of aliphatic hydroxyl groups excluding tert-OH is 1.